The fraction of sp³-hybridized carbons (Fsp3) is 0.300. The molecule has 3 heteroatoms. The van der Waals surface area contributed by atoms with E-state index in [9.17, 15) is 0 Å². The molecule has 0 saturated heterocycles. The van der Waals surface area contributed by atoms with Crippen molar-refractivity contribution in [2.75, 3.05) is 0 Å². The van der Waals surface area contributed by atoms with Crippen LogP contribution < -0.4 is 0 Å². The van der Waals surface area contributed by atoms with Crippen LogP contribution in [-0.4, -0.2) is 13.0 Å². The van der Waals surface area contributed by atoms with Crippen LogP contribution in [0.15, 0.2) is 43.0 Å². The van der Waals surface area contributed by atoms with Gasteiger partial charge in [0.15, 0.2) is 0 Å². The van der Waals surface area contributed by atoms with Crippen LogP contribution in [0, 0.1) is 0 Å². The molecule has 1 aromatic heterocycles. The molecule has 0 N–H and O–H groups in total. The maximum Gasteiger partial charge on any atom is 0.0946 e. The van der Waals surface area contributed by atoms with E-state index in [0.717, 1.165) is 13.0 Å². The monoisotopic (exact) mass is 286 g/mol. The summed E-state index contributed by atoms with van der Waals surface area (Å²) in [6.45, 7) is 0.994. The zero-order valence-electron chi connectivity index (χ0n) is 7.23. The van der Waals surface area contributed by atoms with Crippen molar-refractivity contribution >= 4 is 22.6 Å². The molecule has 2 rings (SSSR count). The summed E-state index contributed by atoms with van der Waals surface area (Å²) in [4.78, 5) is 4.04. The second kappa shape index (κ2) is 3.65. The summed E-state index contributed by atoms with van der Waals surface area (Å²) in [5, 5.41) is 0. The van der Waals surface area contributed by atoms with Gasteiger partial charge in [0.25, 0.3) is 0 Å². The Hall–Kier alpha value is -0.580. The molecule has 68 valence electrons. The van der Waals surface area contributed by atoms with Crippen molar-refractivity contribution in [3.63, 3.8) is 0 Å². The summed E-state index contributed by atoms with van der Waals surface area (Å²) in [5.41, 5.74) is 0. The fourth-order valence-corrected chi connectivity index (χ4v) is 2.30. The van der Waals surface area contributed by atoms with Gasteiger partial charge in [-0.25, -0.2) is 4.98 Å². The molecule has 1 unspecified atom stereocenters. The van der Waals surface area contributed by atoms with Gasteiger partial charge in [0.2, 0.25) is 0 Å². The standard InChI is InChI=1S/C10H11IN2/c11-10(4-2-1-3-5-10)8-13-7-6-12-9-13/h1-4,6-7,9H,5,8H2. The van der Waals surface area contributed by atoms with Gasteiger partial charge in [-0.15, -0.1) is 0 Å². The molecule has 0 saturated carbocycles. The fourth-order valence-electron chi connectivity index (χ4n) is 1.44. The molecule has 1 aromatic rings. The lowest BCUT2D eigenvalue weighted by atomic mass is 10.0. The summed E-state index contributed by atoms with van der Waals surface area (Å²) in [7, 11) is 0. The molecule has 0 fully saturated rings. The van der Waals surface area contributed by atoms with Crippen molar-refractivity contribution in [2.24, 2.45) is 0 Å². The molecular weight excluding hydrogens is 275 g/mol. The van der Waals surface area contributed by atoms with E-state index in [1.54, 1.807) is 0 Å². The van der Waals surface area contributed by atoms with Gasteiger partial charge in [-0.1, -0.05) is 46.9 Å². The first-order valence-corrected chi connectivity index (χ1v) is 5.35. The minimum absolute atomic E-state index is 0.229. The van der Waals surface area contributed by atoms with E-state index < -0.39 is 0 Å². The molecule has 0 amide bonds. The van der Waals surface area contributed by atoms with Gasteiger partial charge < -0.3 is 4.57 Å². The van der Waals surface area contributed by atoms with Gasteiger partial charge >= 0.3 is 0 Å². The zero-order chi connectivity index (χ0) is 9.15. The Morgan fingerprint density at radius 1 is 1.46 bits per heavy atom. The number of nitrogens with zero attached hydrogens (tertiary/aromatic N) is 2. The normalized spacial score (nSPS) is 26.5. The van der Waals surface area contributed by atoms with Crippen molar-refractivity contribution in [1.29, 1.82) is 0 Å². The predicted octanol–water partition coefficient (Wildman–Crippen LogP) is 2.57. The highest BCUT2D eigenvalue weighted by Gasteiger charge is 2.23. The van der Waals surface area contributed by atoms with E-state index in [-0.39, 0.29) is 3.42 Å². The highest BCUT2D eigenvalue weighted by Crippen LogP contribution is 2.30. The summed E-state index contributed by atoms with van der Waals surface area (Å²) < 4.78 is 2.35. The molecule has 0 bridgehead atoms. The number of allylic oxidation sites excluding steroid dienone is 4. The number of hydrogen-bond acceptors (Lipinski definition) is 1. The second-order valence-electron chi connectivity index (χ2n) is 3.26. The Morgan fingerprint density at radius 3 is 3.00 bits per heavy atom. The van der Waals surface area contributed by atoms with E-state index >= 15 is 0 Å². The Balaban J connectivity index is 2.09. The lowest BCUT2D eigenvalue weighted by Gasteiger charge is -2.24. The molecule has 0 aliphatic heterocycles. The third-order valence-electron chi connectivity index (χ3n) is 2.10. The summed E-state index contributed by atoms with van der Waals surface area (Å²) in [6, 6.07) is 0. The van der Waals surface area contributed by atoms with Gasteiger partial charge in [-0.2, -0.15) is 0 Å². The topological polar surface area (TPSA) is 17.8 Å². The quantitative estimate of drug-likeness (QED) is 0.603. The van der Waals surface area contributed by atoms with Crippen molar-refractivity contribution in [2.45, 2.75) is 16.4 Å². The van der Waals surface area contributed by atoms with Crippen LogP contribution in [0.2, 0.25) is 0 Å². The van der Waals surface area contributed by atoms with Crippen LogP contribution in [0.3, 0.4) is 0 Å². The third kappa shape index (κ3) is 2.21. The number of alkyl halides is 1. The van der Waals surface area contributed by atoms with Gasteiger partial charge in [0.1, 0.15) is 0 Å². The van der Waals surface area contributed by atoms with E-state index in [1.165, 1.54) is 0 Å². The number of hydrogen-bond donors (Lipinski definition) is 0. The number of rotatable bonds is 2. The number of aromatic nitrogens is 2. The zero-order valence-corrected chi connectivity index (χ0v) is 9.39. The second-order valence-corrected chi connectivity index (χ2v) is 5.41. The smallest absolute Gasteiger partial charge is 0.0946 e. The third-order valence-corrected chi connectivity index (χ3v) is 3.25. The molecule has 0 spiro atoms. The minimum Gasteiger partial charge on any atom is -0.336 e. The Labute approximate surface area is 91.5 Å². The van der Waals surface area contributed by atoms with Crippen LogP contribution >= 0.6 is 22.6 Å². The van der Waals surface area contributed by atoms with Gasteiger partial charge in [-0.3, -0.25) is 0 Å². The van der Waals surface area contributed by atoms with E-state index in [0.29, 0.717) is 0 Å². The Morgan fingerprint density at radius 2 is 2.38 bits per heavy atom. The summed E-state index contributed by atoms with van der Waals surface area (Å²) in [5.74, 6) is 0. The Bertz CT molecular complexity index is 327. The Kier molecular flexibility index (Phi) is 2.53. The van der Waals surface area contributed by atoms with Crippen molar-refractivity contribution < 1.29 is 0 Å². The van der Waals surface area contributed by atoms with Gasteiger partial charge in [0, 0.05) is 18.9 Å². The largest absolute Gasteiger partial charge is 0.336 e. The first-order valence-electron chi connectivity index (χ1n) is 4.28. The first kappa shape index (κ1) is 8.99. The maximum absolute atomic E-state index is 4.04. The number of halogens is 1. The average Bonchev–Trinajstić information content (AvgIpc) is 2.57. The molecule has 2 nitrogen and oxygen atoms in total. The van der Waals surface area contributed by atoms with Crippen molar-refractivity contribution in [1.82, 2.24) is 9.55 Å². The molecular formula is C10H11IN2. The maximum atomic E-state index is 4.04. The molecule has 1 aliphatic rings. The van der Waals surface area contributed by atoms with Crippen LogP contribution in [0.4, 0.5) is 0 Å². The van der Waals surface area contributed by atoms with Crippen molar-refractivity contribution in [3.8, 4) is 0 Å². The minimum atomic E-state index is 0.229. The van der Waals surface area contributed by atoms with Crippen LogP contribution in [0.5, 0.6) is 0 Å². The predicted molar refractivity (Wildman–Crippen MR) is 61.9 cm³/mol. The lowest BCUT2D eigenvalue weighted by molar-refractivity contribution is 0.595. The van der Waals surface area contributed by atoms with Crippen LogP contribution in [0.1, 0.15) is 6.42 Å². The van der Waals surface area contributed by atoms with E-state index in [4.69, 9.17) is 0 Å². The van der Waals surface area contributed by atoms with Gasteiger partial charge in [-0.05, 0) is 6.42 Å². The lowest BCUT2D eigenvalue weighted by Crippen LogP contribution is -2.24. The van der Waals surface area contributed by atoms with Crippen LogP contribution in [0.25, 0.3) is 0 Å². The van der Waals surface area contributed by atoms with Crippen molar-refractivity contribution in [3.05, 3.63) is 43.0 Å². The molecule has 1 aliphatic carbocycles. The summed E-state index contributed by atoms with van der Waals surface area (Å²) >= 11 is 2.50. The van der Waals surface area contributed by atoms with Gasteiger partial charge in [0.05, 0.1) is 9.75 Å². The molecule has 13 heavy (non-hydrogen) atoms. The van der Waals surface area contributed by atoms with E-state index in [2.05, 4.69) is 56.4 Å². The average molecular weight is 286 g/mol. The van der Waals surface area contributed by atoms with Crippen LogP contribution in [-0.2, 0) is 6.54 Å². The number of imidazole rings is 1. The van der Waals surface area contributed by atoms with E-state index in [1.807, 2.05) is 18.7 Å². The molecule has 1 atom stereocenters. The molecule has 0 radical (unpaired) electrons. The molecule has 1 heterocycles. The molecule has 0 aromatic carbocycles. The highest BCUT2D eigenvalue weighted by atomic mass is 127. The summed E-state index contributed by atoms with van der Waals surface area (Å²) in [6.07, 6.45) is 15.5. The first-order chi connectivity index (χ1) is 6.29. The SMILES string of the molecule is IC1(Cn2ccnc2)C=CC=CC1. The highest BCUT2D eigenvalue weighted by molar-refractivity contribution is 14.1.